The Hall–Kier alpha value is -0.0400. The van der Waals surface area contributed by atoms with Gasteiger partial charge < -0.3 is 0 Å². The van der Waals surface area contributed by atoms with Gasteiger partial charge in [-0.25, -0.2) is 0 Å². The molecule has 0 aliphatic heterocycles. The fourth-order valence-electron chi connectivity index (χ4n) is 3.05. The number of rotatable bonds is 0. The smallest absolute Gasteiger partial charge is 0.146 e. The number of alkyl halides is 1. The Bertz CT molecular complexity index is 246. The van der Waals surface area contributed by atoms with Crippen molar-refractivity contribution in [2.24, 2.45) is 16.7 Å². The van der Waals surface area contributed by atoms with E-state index in [1.165, 1.54) is 0 Å². The van der Waals surface area contributed by atoms with Crippen LogP contribution in [0.1, 0.15) is 33.6 Å². The van der Waals surface area contributed by atoms with Gasteiger partial charge in [-0.15, -0.1) is 11.6 Å². The summed E-state index contributed by atoms with van der Waals surface area (Å²) in [5, 5.41) is 0.0833. The Morgan fingerprint density at radius 2 is 2.00 bits per heavy atom. The molecule has 3 atom stereocenters. The highest BCUT2D eigenvalue weighted by Gasteiger charge is 2.64. The summed E-state index contributed by atoms with van der Waals surface area (Å²) in [6, 6.07) is 0. The molecule has 0 aromatic heterocycles. The SMILES string of the molecule is CC1(C)C(=O)[C@]2(C)CC[C@H]1C2Cl. The van der Waals surface area contributed by atoms with Crippen LogP contribution in [-0.2, 0) is 4.79 Å². The summed E-state index contributed by atoms with van der Waals surface area (Å²) >= 11 is 6.28. The standard InChI is InChI=1S/C10H15ClO/c1-9(2)6-4-5-10(3,7(6)11)8(9)12/h6-7H,4-5H2,1-3H3/t6-,7?,10+/m0/s1. The van der Waals surface area contributed by atoms with Crippen LogP contribution in [0.5, 0.6) is 0 Å². The molecule has 2 rings (SSSR count). The molecule has 0 heterocycles. The molecule has 2 saturated carbocycles. The maximum atomic E-state index is 11.9. The topological polar surface area (TPSA) is 17.1 Å². The first-order valence-corrected chi connectivity index (χ1v) is 5.03. The third-order valence-corrected chi connectivity index (χ3v) is 4.75. The number of ketones is 1. The lowest BCUT2D eigenvalue weighted by Gasteiger charge is -2.30. The lowest BCUT2D eigenvalue weighted by Crippen LogP contribution is -2.35. The molecule has 0 radical (unpaired) electrons. The van der Waals surface area contributed by atoms with E-state index in [0.29, 0.717) is 11.7 Å². The molecule has 1 unspecified atom stereocenters. The fourth-order valence-corrected chi connectivity index (χ4v) is 3.70. The van der Waals surface area contributed by atoms with Crippen molar-refractivity contribution in [3.8, 4) is 0 Å². The molecule has 2 fully saturated rings. The Morgan fingerprint density at radius 1 is 1.42 bits per heavy atom. The minimum atomic E-state index is -0.213. The van der Waals surface area contributed by atoms with E-state index < -0.39 is 0 Å². The van der Waals surface area contributed by atoms with Gasteiger partial charge in [0, 0.05) is 16.2 Å². The van der Waals surface area contributed by atoms with Crippen molar-refractivity contribution in [3.05, 3.63) is 0 Å². The van der Waals surface area contributed by atoms with Gasteiger partial charge in [0.2, 0.25) is 0 Å². The van der Waals surface area contributed by atoms with Gasteiger partial charge in [-0.2, -0.15) is 0 Å². The molecule has 2 aliphatic rings. The normalized spacial score (nSPS) is 50.2. The van der Waals surface area contributed by atoms with Crippen LogP contribution in [0, 0.1) is 16.7 Å². The van der Waals surface area contributed by atoms with E-state index in [1.54, 1.807) is 0 Å². The van der Waals surface area contributed by atoms with Gasteiger partial charge in [-0.1, -0.05) is 20.8 Å². The minimum absolute atomic E-state index is 0.0833. The van der Waals surface area contributed by atoms with E-state index in [4.69, 9.17) is 11.6 Å². The Morgan fingerprint density at radius 3 is 2.25 bits per heavy atom. The third-order valence-electron chi connectivity index (χ3n) is 3.97. The summed E-state index contributed by atoms with van der Waals surface area (Å²) in [5.74, 6) is 0.794. The number of carbonyl (C=O) groups is 1. The van der Waals surface area contributed by atoms with E-state index in [-0.39, 0.29) is 16.2 Å². The fraction of sp³-hybridized carbons (Fsp3) is 0.900. The van der Waals surface area contributed by atoms with Gasteiger partial charge in [-0.05, 0) is 18.8 Å². The summed E-state index contributed by atoms with van der Waals surface area (Å²) in [7, 11) is 0. The first-order valence-electron chi connectivity index (χ1n) is 4.59. The molecule has 2 bridgehead atoms. The van der Waals surface area contributed by atoms with E-state index >= 15 is 0 Å². The predicted octanol–water partition coefficient (Wildman–Crippen LogP) is 2.62. The van der Waals surface area contributed by atoms with Gasteiger partial charge >= 0.3 is 0 Å². The van der Waals surface area contributed by atoms with E-state index in [1.807, 2.05) is 20.8 Å². The van der Waals surface area contributed by atoms with Crippen molar-refractivity contribution in [1.29, 1.82) is 0 Å². The second-order valence-electron chi connectivity index (χ2n) is 5.02. The maximum absolute atomic E-state index is 11.9. The summed E-state index contributed by atoms with van der Waals surface area (Å²) in [6.07, 6.45) is 2.12. The predicted molar refractivity (Wildman–Crippen MR) is 49.3 cm³/mol. The van der Waals surface area contributed by atoms with Crippen LogP contribution in [0.15, 0.2) is 0 Å². The average Bonchev–Trinajstić information content (AvgIpc) is 2.32. The number of hydrogen-bond acceptors (Lipinski definition) is 1. The van der Waals surface area contributed by atoms with Crippen LogP contribution < -0.4 is 0 Å². The number of carbonyl (C=O) groups excluding carboxylic acids is 1. The van der Waals surface area contributed by atoms with Crippen molar-refractivity contribution in [2.75, 3.05) is 0 Å². The maximum Gasteiger partial charge on any atom is 0.146 e. The van der Waals surface area contributed by atoms with Crippen LogP contribution in [0.3, 0.4) is 0 Å². The highest BCUT2D eigenvalue weighted by Crippen LogP contribution is 2.61. The zero-order valence-electron chi connectivity index (χ0n) is 7.86. The van der Waals surface area contributed by atoms with Crippen LogP contribution in [0.4, 0.5) is 0 Å². The van der Waals surface area contributed by atoms with Gasteiger partial charge in [0.15, 0.2) is 0 Å². The zero-order valence-corrected chi connectivity index (χ0v) is 8.61. The number of Topliss-reactive ketones (excluding diaryl/α,β-unsaturated/α-hetero) is 1. The monoisotopic (exact) mass is 186 g/mol. The number of halogens is 1. The van der Waals surface area contributed by atoms with E-state index in [0.717, 1.165) is 12.8 Å². The lowest BCUT2D eigenvalue weighted by molar-refractivity contribution is -0.134. The number of hydrogen-bond donors (Lipinski definition) is 0. The molecule has 12 heavy (non-hydrogen) atoms. The van der Waals surface area contributed by atoms with Crippen molar-refractivity contribution >= 4 is 17.4 Å². The van der Waals surface area contributed by atoms with Gasteiger partial charge in [0.05, 0.1) is 0 Å². The molecule has 0 saturated heterocycles. The number of fused-ring (bicyclic) bond motifs is 2. The van der Waals surface area contributed by atoms with E-state index in [9.17, 15) is 4.79 Å². The summed E-state index contributed by atoms with van der Waals surface area (Å²) in [4.78, 5) is 11.9. The van der Waals surface area contributed by atoms with Gasteiger partial charge in [0.25, 0.3) is 0 Å². The van der Waals surface area contributed by atoms with Crippen LogP contribution in [-0.4, -0.2) is 11.2 Å². The Balaban J connectivity index is 2.48. The minimum Gasteiger partial charge on any atom is -0.298 e. The molecule has 0 aromatic carbocycles. The van der Waals surface area contributed by atoms with Crippen LogP contribution in [0.2, 0.25) is 0 Å². The Kier molecular flexibility index (Phi) is 1.47. The van der Waals surface area contributed by atoms with Gasteiger partial charge in [0.1, 0.15) is 5.78 Å². The van der Waals surface area contributed by atoms with Crippen LogP contribution >= 0.6 is 11.6 Å². The molecule has 2 heteroatoms. The zero-order chi connectivity index (χ0) is 9.15. The van der Waals surface area contributed by atoms with Crippen molar-refractivity contribution in [3.63, 3.8) is 0 Å². The third kappa shape index (κ3) is 0.693. The molecular weight excluding hydrogens is 172 g/mol. The molecule has 0 N–H and O–H groups in total. The first kappa shape index (κ1) is 8.55. The largest absolute Gasteiger partial charge is 0.298 e. The quantitative estimate of drug-likeness (QED) is 0.532. The molecule has 0 aromatic rings. The Labute approximate surface area is 78.5 Å². The molecule has 68 valence electrons. The summed E-state index contributed by atoms with van der Waals surface area (Å²) in [5.41, 5.74) is -0.380. The summed E-state index contributed by atoms with van der Waals surface area (Å²) < 4.78 is 0. The first-order chi connectivity index (χ1) is 5.40. The summed E-state index contributed by atoms with van der Waals surface area (Å²) in [6.45, 7) is 6.11. The average molecular weight is 187 g/mol. The van der Waals surface area contributed by atoms with Crippen molar-refractivity contribution < 1.29 is 4.79 Å². The molecule has 0 amide bonds. The second kappa shape index (κ2) is 2.06. The highest BCUT2D eigenvalue weighted by molar-refractivity contribution is 6.25. The molecule has 1 nitrogen and oxygen atoms in total. The van der Waals surface area contributed by atoms with Crippen LogP contribution in [0.25, 0.3) is 0 Å². The lowest BCUT2D eigenvalue weighted by atomic mass is 9.72. The highest BCUT2D eigenvalue weighted by atomic mass is 35.5. The van der Waals surface area contributed by atoms with Crippen molar-refractivity contribution in [2.45, 2.75) is 39.0 Å². The van der Waals surface area contributed by atoms with Crippen molar-refractivity contribution in [1.82, 2.24) is 0 Å². The van der Waals surface area contributed by atoms with E-state index in [2.05, 4.69) is 0 Å². The molecule has 0 spiro atoms. The molecule has 2 aliphatic carbocycles. The van der Waals surface area contributed by atoms with Gasteiger partial charge in [-0.3, -0.25) is 4.79 Å². The second-order valence-corrected chi connectivity index (χ2v) is 5.49. The molecular formula is C10H15ClO.